The van der Waals surface area contributed by atoms with Crippen LogP contribution in [0.4, 0.5) is 5.69 Å². The molecular weight excluding hydrogens is 190 g/mol. The smallest absolute Gasteiger partial charge is 0.125 e. The van der Waals surface area contributed by atoms with Crippen molar-refractivity contribution in [1.29, 1.82) is 0 Å². The third-order valence-corrected chi connectivity index (χ3v) is 2.25. The van der Waals surface area contributed by atoms with Crippen LogP contribution in [-0.4, -0.2) is 15.8 Å². The zero-order chi connectivity index (χ0) is 11.0. The predicted molar refractivity (Wildman–Crippen MR) is 62.5 cm³/mol. The number of nitrogen functional groups attached to an aromatic ring is 1. The molecule has 4 nitrogen and oxygen atoms in total. The van der Waals surface area contributed by atoms with E-state index in [0.717, 1.165) is 10.9 Å². The molecular formula is C11H15N3O. The lowest BCUT2D eigenvalue weighted by Gasteiger charge is -2.13. The molecule has 0 aliphatic rings. The Morgan fingerprint density at radius 2 is 2.07 bits per heavy atom. The molecule has 0 radical (unpaired) electrons. The Balaban J connectivity index is 2.62. The van der Waals surface area contributed by atoms with Crippen molar-refractivity contribution in [2.75, 3.05) is 11.2 Å². The molecule has 0 spiro atoms. The number of phenolic OH excluding ortho intramolecular Hbond substituents is 1. The summed E-state index contributed by atoms with van der Waals surface area (Å²) in [5.41, 5.74) is 10.6. The minimum atomic E-state index is 0.253. The zero-order valence-corrected chi connectivity index (χ0v) is 8.86. The fourth-order valence-electron chi connectivity index (χ4n) is 1.66. The molecule has 1 aromatic heterocycles. The second kappa shape index (κ2) is 3.38. The molecule has 0 aliphatic carbocycles. The van der Waals surface area contributed by atoms with E-state index in [1.165, 1.54) is 0 Å². The van der Waals surface area contributed by atoms with Gasteiger partial charge in [-0.3, -0.25) is 4.68 Å². The van der Waals surface area contributed by atoms with Crippen LogP contribution < -0.4 is 11.2 Å². The van der Waals surface area contributed by atoms with Crippen LogP contribution in [0, 0.1) is 0 Å². The van der Waals surface area contributed by atoms with E-state index in [0.29, 0.717) is 11.7 Å². The van der Waals surface area contributed by atoms with E-state index in [-0.39, 0.29) is 5.75 Å². The number of phenols is 1. The molecule has 0 aliphatic heterocycles. The van der Waals surface area contributed by atoms with Crippen molar-refractivity contribution in [3.63, 3.8) is 0 Å². The largest absolute Gasteiger partial charge is 0.507 e. The summed E-state index contributed by atoms with van der Waals surface area (Å²) in [6.45, 7) is 4.09. The van der Waals surface area contributed by atoms with Gasteiger partial charge < -0.3 is 16.3 Å². The van der Waals surface area contributed by atoms with Crippen LogP contribution in [0.1, 0.15) is 13.8 Å². The van der Waals surface area contributed by atoms with Crippen molar-refractivity contribution in [1.82, 2.24) is 4.68 Å². The Bertz CT molecular complexity index is 488. The highest BCUT2D eigenvalue weighted by Gasteiger charge is 2.08. The second-order valence-electron chi connectivity index (χ2n) is 3.91. The Morgan fingerprint density at radius 1 is 1.33 bits per heavy atom. The lowest BCUT2D eigenvalue weighted by molar-refractivity contribution is 0.481. The third kappa shape index (κ3) is 1.58. The van der Waals surface area contributed by atoms with Gasteiger partial charge in [0.1, 0.15) is 5.75 Å². The van der Waals surface area contributed by atoms with E-state index < -0.39 is 0 Å². The first kappa shape index (κ1) is 9.71. The number of nitrogens with zero attached hydrogens (tertiary/aromatic N) is 1. The maximum atomic E-state index is 9.65. The van der Waals surface area contributed by atoms with Gasteiger partial charge in [0.2, 0.25) is 0 Å². The highest BCUT2D eigenvalue weighted by atomic mass is 16.3. The zero-order valence-electron chi connectivity index (χ0n) is 8.86. The van der Waals surface area contributed by atoms with E-state index in [1.54, 1.807) is 12.1 Å². The third-order valence-electron chi connectivity index (χ3n) is 2.25. The minimum absolute atomic E-state index is 0.253. The number of fused-ring (bicyclic) bond motifs is 1. The summed E-state index contributed by atoms with van der Waals surface area (Å²) in [5.74, 6) is 0.253. The van der Waals surface area contributed by atoms with E-state index >= 15 is 0 Å². The molecule has 1 heterocycles. The van der Waals surface area contributed by atoms with Crippen LogP contribution >= 0.6 is 0 Å². The number of anilines is 1. The Labute approximate surface area is 88.3 Å². The number of rotatable bonds is 2. The second-order valence-corrected chi connectivity index (χ2v) is 3.91. The van der Waals surface area contributed by atoms with Gasteiger partial charge in [-0.15, -0.1) is 0 Å². The van der Waals surface area contributed by atoms with Gasteiger partial charge in [-0.25, -0.2) is 0 Å². The number of hydrogen-bond donors (Lipinski definition) is 3. The average molecular weight is 205 g/mol. The number of nitrogens with one attached hydrogen (secondary N) is 1. The molecule has 0 amide bonds. The summed E-state index contributed by atoms with van der Waals surface area (Å²) in [7, 11) is 0. The van der Waals surface area contributed by atoms with Crippen molar-refractivity contribution in [3.8, 4) is 5.75 Å². The Morgan fingerprint density at radius 3 is 2.73 bits per heavy atom. The molecule has 2 rings (SSSR count). The van der Waals surface area contributed by atoms with Crippen molar-refractivity contribution < 1.29 is 5.11 Å². The molecule has 1 aromatic carbocycles. The summed E-state index contributed by atoms with van der Waals surface area (Å²) in [5, 5.41) is 10.4. The summed E-state index contributed by atoms with van der Waals surface area (Å²) in [4.78, 5) is 0. The average Bonchev–Trinajstić information content (AvgIpc) is 2.56. The molecule has 0 saturated heterocycles. The Hall–Kier alpha value is -1.84. The van der Waals surface area contributed by atoms with Gasteiger partial charge in [0.25, 0.3) is 0 Å². The van der Waals surface area contributed by atoms with Crippen LogP contribution in [0.3, 0.4) is 0 Å². The number of benzene rings is 1. The lowest BCUT2D eigenvalue weighted by atomic mass is 10.2. The van der Waals surface area contributed by atoms with E-state index in [1.807, 2.05) is 30.8 Å². The predicted octanol–water partition coefficient (Wildman–Crippen LogP) is 1.88. The van der Waals surface area contributed by atoms with Crippen LogP contribution in [0.15, 0.2) is 24.4 Å². The summed E-state index contributed by atoms with van der Waals surface area (Å²) in [6.07, 6.45) is 1.86. The molecule has 4 N–H and O–H groups in total. The van der Waals surface area contributed by atoms with Gasteiger partial charge in [-0.2, -0.15) is 0 Å². The van der Waals surface area contributed by atoms with Crippen molar-refractivity contribution in [3.05, 3.63) is 24.4 Å². The molecule has 80 valence electrons. The lowest BCUT2D eigenvalue weighted by Crippen LogP contribution is -2.21. The standard InChI is InChI=1S/C11H15N3O/c1-7(2)13-14-6-5-8-10(15)4-3-9(12)11(8)14/h3-7,13,15H,12H2,1-2H3. The number of nitrogens with two attached hydrogens (primary N) is 1. The molecule has 15 heavy (non-hydrogen) atoms. The molecule has 2 aromatic rings. The molecule has 0 fully saturated rings. The van der Waals surface area contributed by atoms with Gasteiger partial charge in [0.15, 0.2) is 0 Å². The van der Waals surface area contributed by atoms with E-state index in [9.17, 15) is 5.11 Å². The van der Waals surface area contributed by atoms with Crippen molar-refractivity contribution in [2.45, 2.75) is 19.9 Å². The van der Waals surface area contributed by atoms with E-state index in [4.69, 9.17) is 5.73 Å². The number of aromatic nitrogens is 1. The SMILES string of the molecule is CC(C)Nn1ccc2c(O)ccc(N)c21. The summed E-state index contributed by atoms with van der Waals surface area (Å²) in [6, 6.07) is 5.46. The normalized spacial score (nSPS) is 11.1. The van der Waals surface area contributed by atoms with Crippen LogP contribution in [-0.2, 0) is 0 Å². The van der Waals surface area contributed by atoms with E-state index in [2.05, 4.69) is 5.43 Å². The number of hydrogen-bond acceptors (Lipinski definition) is 3. The maximum Gasteiger partial charge on any atom is 0.125 e. The highest BCUT2D eigenvalue weighted by molar-refractivity contribution is 5.95. The molecule has 0 saturated carbocycles. The molecule has 0 atom stereocenters. The molecule has 0 bridgehead atoms. The van der Waals surface area contributed by atoms with Gasteiger partial charge in [0.05, 0.1) is 11.2 Å². The van der Waals surface area contributed by atoms with Gasteiger partial charge in [-0.05, 0) is 32.0 Å². The fourth-order valence-corrected chi connectivity index (χ4v) is 1.66. The highest BCUT2D eigenvalue weighted by Crippen LogP contribution is 2.29. The van der Waals surface area contributed by atoms with Gasteiger partial charge >= 0.3 is 0 Å². The van der Waals surface area contributed by atoms with Gasteiger partial charge in [0, 0.05) is 17.6 Å². The molecule has 4 heteroatoms. The van der Waals surface area contributed by atoms with Crippen LogP contribution in [0.5, 0.6) is 5.75 Å². The van der Waals surface area contributed by atoms with Crippen molar-refractivity contribution in [2.24, 2.45) is 0 Å². The number of aromatic hydroxyl groups is 1. The maximum absolute atomic E-state index is 9.65. The first-order valence-corrected chi connectivity index (χ1v) is 4.94. The monoisotopic (exact) mass is 205 g/mol. The molecule has 0 unspecified atom stereocenters. The van der Waals surface area contributed by atoms with Crippen molar-refractivity contribution >= 4 is 16.6 Å². The summed E-state index contributed by atoms with van der Waals surface area (Å²) >= 11 is 0. The summed E-state index contributed by atoms with van der Waals surface area (Å²) < 4.78 is 1.84. The Kier molecular flexibility index (Phi) is 2.19. The quantitative estimate of drug-likeness (QED) is 0.518. The topological polar surface area (TPSA) is 63.2 Å². The minimum Gasteiger partial charge on any atom is -0.507 e. The first-order valence-electron chi connectivity index (χ1n) is 4.94. The first-order chi connectivity index (χ1) is 7.09. The van der Waals surface area contributed by atoms with Crippen LogP contribution in [0.25, 0.3) is 10.9 Å². The van der Waals surface area contributed by atoms with Gasteiger partial charge in [-0.1, -0.05) is 0 Å². The fraction of sp³-hybridized carbons (Fsp3) is 0.273. The van der Waals surface area contributed by atoms with Crippen LogP contribution in [0.2, 0.25) is 0 Å².